The molecule has 1 saturated carbocycles. The first-order valence-corrected chi connectivity index (χ1v) is 7.60. The van der Waals surface area contributed by atoms with Crippen molar-refractivity contribution >= 4 is 5.91 Å². The molecule has 1 saturated heterocycles. The van der Waals surface area contributed by atoms with Crippen molar-refractivity contribution in [1.29, 1.82) is 0 Å². The fraction of sp³-hybridized carbons (Fsp3) is 0.933. The highest BCUT2D eigenvalue weighted by molar-refractivity contribution is 5.82. The van der Waals surface area contributed by atoms with Gasteiger partial charge in [0, 0.05) is 12.5 Å². The van der Waals surface area contributed by atoms with Gasteiger partial charge < -0.3 is 15.4 Å². The number of hydrogen-bond acceptors (Lipinski definition) is 3. The molecule has 0 spiro atoms. The van der Waals surface area contributed by atoms with Crippen LogP contribution in [0.2, 0.25) is 0 Å². The van der Waals surface area contributed by atoms with E-state index in [1.807, 2.05) is 0 Å². The molecule has 0 bridgehead atoms. The zero-order valence-corrected chi connectivity index (χ0v) is 12.5. The van der Waals surface area contributed by atoms with E-state index in [0.717, 1.165) is 38.8 Å². The molecule has 19 heavy (non-hydrogen) atoms. The van der Waals surface area contributed by atoms with Crippen molar-refractivity contribution in [3.05, 3.63) is 0 Å². The van der Waals surface area contributed by atoms with Crippen LogP contribution >= 0.6 is 0 Å². The van der Waals surface area contributed by atoms with E-state index in [-0.39, 0.29) is 23.5 Å². The molecule has 1 aliphatic carbocycles. The fourth-order valence-corrected chi connectivity index (χ4v) is 3.38. The molecule has 0 aromatic heterocycles. The maximum absolute atomic E-state index is 12.6. The predicted octanol–water partition coefficient (Wildman–Crippen LogP) is 1.70. The first kappa shape index (κ1) is 14.8. The first-order chi connectivity index (χ1) is 9.05. The van der Waals surface area contributed by atoms with E-state index >= 15 is 0 Å². The zero-order chi connectivity index (χ0) is 13.9. The number of nitrogens with one attached hydrogen (secondary N) is 2. The Labute approximate surface area is 116 Å². The topological polar surface area (TPSA) is 50.4 Å². The Hall–Kier alpha value is -0.610. The summed E-state index contributed by atoms with van der Waals surface area (Å²) in [6, 6.07) is 0.202. The van der Waals surface area contributed by atoms with Crippen LogP contribution in [-0.2, 0) is 9.53 Å². The van der Waals surface area contributed by atoms with Crippen molar-refractivity contribution in [2.75, 3.05) is 20.2 Å². The molecule has 3 atom stereocenters. The lowest BCUT2D eigenvalue weighted by Crippen LogP contribution is -2.51. The summed E-state index contributed by atoms with van der Waals surface area (Å²) in [5.41, 5.74) is -0.297. The molecule has 0 aromatic rings. The van der Waals surface area contributed by atoms with E-state index in [0.29, 0.717) is 5.92 Å². The molecule has 4 heteroatoms. The number of amides is 1. The van der Waals surface area contributed by atoms with Crippen molar-refractivity contribution < 1.29 is 9.53 Å². The first-order valence-electron chi connectivity index (χ1n) is 7.60. The Kier molecular flexibility index (Phi) is 4.85. The molecule has 2 fully saturated rings. The van der Waals surface area contributed by atoms with Gasteiger partial charge in [0.05, 0.1) is 12.1 Å². The van der Waals surface area contributed by atoms with E-state index in [1.54, 1.807) is 7.11 Å². The second-order valence-corrected chi connectivity index (χ2v) is 6.55. The maximum Gasteiger partial charge on any atom is 0.226 e. The normalized spacial score (nSPS) is 32.3. The minimum Gasteiger partial charge on any atom is -0.379 e. The smallest absolute Gasteiger partial charge is 0.226 e. The number of piperidine rings is 1. The van der Waals surface area contributed by atoms with E-state index in [1.165, 1.54) is 6.42 Å². The Morgan fingerprint density at radius 1 is 1.26 bits per heavy atom. The molecule has 110 valence electrons. The largest absolute Gasteiger partial charge is 0.379 e. The Morgan fingerprint density at radius 3 is 2.68 bits per heavy atom. The minimum absolute atomic E-state index is 0.190. The predicted molar refractivity (Wildman–Crippen MR) is 76.0 cm³/mol. The summed E-state index contributed by atoms with van der Waals surface area (Å²) in [7, 11) is 1.74. The molecule has 2 N–H and O–H groups in total. The highest BCUT2D eigenvalue weighted by atomic mass is 16.5. The number of ether oxygens (including phenoxy) is 1. The molecular formula is C15H28N2O2. The van der Waals surface area contributed by atoms with Gasteiger partial charge in [0.2, 0.25) is 5.91 Å². The van der Waals surface area contributed by atoms with Crippen LogP contribution in [0, 0.1) is 11.3 Å². The average Bonchev–Trinajstić information content (AvgIpc) is 2.87. The minimum atomic E-state index is -0.297. The lowest BCUT2D eigenvalue weighted by Gasteiger charge is -2.37. The number of methoxy groups -OCH3 is 1. The second-order valence-electron chi connectivity index (χ2n) is 6.55. The van der Waals surface area contributed by atoms with Crippen molar-refractivity contribution in [3.8, 4) is 0 Å². The third kappa shape index (κ3) is 3.29. The van der Waals surface area contributed by atoms with Crippen LogP contribution in [0.25, 0.3) is 0 Å². The molecule has 1 heterocycles. The fourth-order valence-electron chi connectivity index (χ4n) is 3.38. The van der Waals surface area contributed by atoms with Gasteiger partial charge in [0.1, 0.15) is 0 Å². The molecule has 0 aromatic carbocycles. The van der Waals surface area contributed by atoms with Gasteiger partial charge in [-0.3, -0.25) is 4.79 Å². The van der Waals surface area contributed by atoms with Gasteiger partial charge in [0.25, 0.3) is 0 Å². The van der Waals surface area contributed by atoms with Crippen LogP contribution in [-0.4, -0.2) is 38.3 Å². The van der Waals surface area contributed by atoms with E-state index in [4.69, 9.17) is 4.74 Å². The van der Waals surface area contributed by atoms with Gasteiger partial charge in [-0.15, -0.1) is 0 Å². The lowest BCUT2D eigenvalue weighted by atomic mass is 9.74. The van der Waals surface area contributed by atoms with Crippen LogP contribution < -0.4 is 10.6 Å². The summed E-state index contributed by atoms with van der Waals surface area (Å²) in [6.45, 7) is 6.20. The van der Waals surface area contributed by atoms with Gasteiger partial charge in [-0.05, 0) is 51.1 Å². The molecule has 2 aliphatic rings. The van der Waals surface area contributed by atoms with E-state index < -0.39 is 0 Å². The average molecular weight is 268 g/mol. The highest BCUT2D eigenvalue weighted by Crippen LogP contribution is 2.33. The summed E-state index contributed by atoms with van der Waals surface area (Å²) in [6.07, 6.45) is 5.77. The van der Waals surface area contributed by atoms with Crippen molar-refractivity contribution in [1.82, 2.24) is 10.6 Å². The van der Waals surface area contributed by atoms with Crippen molar-refractivity contribution in [2.24, 2.45) is 11.3 Å². The van der Waals surface area contributed by atoms with Crippen LogP contribution in [0.3, 0.4) is 0 Å². The summed E-state index contributed by atoms with van der Waals surface area (Å²) in [4.78, 5) is 12.6. The van der Waals surface area contributed by atoms with Gasteiger partial charge in [-0.25, -0.2) is 0 Å². The van der Waals surface area contributed by atoms with Gasteiger partial charge in [-0.1, -0.05) is 13.8 Å². The number of carbonyl (C=O) groups excluding carboxylic acids is 1. The lowest BCUT2D eigenvalue weighted by molar-refractivity contribution is -0.134. The van der Waals surface area contributed by atoms with Crippen molar-refractivity contribution in [2.45, 2.75) is 58.1 Å². The molecular weight excluding hydrogens is 240 g/mol. The number of rotatable bonds is 4. The van der Waals surface area contributed by atoms with Gasteiger partial charge in [-0.2, -0.15) is 0 Å². The third-order valence-electron chi connectivity index (χ3n) is 4.97. The SMILES string of the molecule is COC1CCCC1NC(=O)C(C)(C)C1CCCNC1. The second kappa shape index (κ2) is 6.23. The Morgan fingerprint density at radius 2 is 2.05 bits per heavy atom. The van der Waals surface area contributed by atoms with Crippen LogP contribution in [0.5, 0.6) is 0 Å². The molecule has 3 unspecified atom stereocenters. The van der Waals surface area contributed by atoms with Crippen LogP contribution in [0.1, 0.15) is 46.0 Å². The molecule has 1 amide bonds. The highest BCUT2D eigenvalue weighted by Gasteiger charge is 2.39. The Balaban J connectivity index is 1.93. The zero-order valence-electron chi connectivity index (χ0n) is 12.5. The third-order valence-corrected chi connectivity index (χ3v) is 4.97. The number of hydrogen-bond donors (Lipinski definition) is 2. The molecule has 4 nitrogen and oxygen atoms in total. The molecule has 1 aliphatic heterocycles. The van der Waals surface area contributed by atoms with Gasteiger partial charge in [0.15, 0.2) is 0 Å². The number of carbonyl (C=O) groups is 1. The van der Waals surface area contributed by atoms with Gasteiger partial charge >= 0.3 is 0 Å². The standard InChI is InChI=1S/C15H28N2O2/c1-15(2,11-6-5-9-16-10-11)14(18)17-12-7-4-8-13(12)19-3/h11-13,16H,4-10H2,1-3H3,(H,17,18). The summed E-state index contributed by atoms with van der Waals surface area (Å²) >= 11 is 0. The van der Waals surface area contributed by atoms with Crippen molar-refractivity contribution in [3.63, 3.8) is 0 Å². The van der Waals surface area contributed by atoms with E-state index in [9.17, 15) is 4.79 Å². The van der Waals surface area contributed by atoms with E-state index in [2.05, 4.69) is 24.5 Å². The quantitative estimate of drug-likeness (QED) is 0.816. The molecule has 0 radical (unpaired) electrons. The monoisotopic (exact) mass is 268 g/mol. The molecule has 2 rings (SSSR count). The maximum atomic E-state index is 12.6. The van der Waals surface area contributed by atoms with Crippen LogP contribution in [0.15, 0.2) is 0 Å². The summed E-state index contributed by atoms with van der Waals surface area (Å²) in [5.74, 6) is 0.624. The Bertz CT molecular complexity index is 311. The summed E-state index contributed by atoms with van der Waals surface area (Å²) < 4.78 is 5.46. The summed E-state index contributed by atoms with van der Waals surface area (Å²) in [5, 5.41) is 6.63. The van der Waals surface area contributed by atoms with Crippen LogP contribution in [0.4, 0.5) is 0 Å².